The average Bonchev–Trinajstić information content (AvgIpc) is 2.67. The number of rotatable bonds is 13. The molecule has 0 amide bonds. The molecule has 0 spiro atoms. The molecule has 0 aromatic heterocycles. The van der Waals surface area contributed by atoms with Crippen LogP contribution in [0.5, 0.6) is 0 Å². The Hall–Kier alpha value is -1.28. The molecule has 0 saturated carbocycles. The lowest BCUT2D eigenvalue weighted by atomic mass is 10.1. The zero-order valence-electron chi connectivity index (χ0n) is 16.6. The third-order valence-corrected chi connectivity index (χ3v) is 7.36. The summed E-state index contributed by atoms with van der Waals surface area (Å²) in [7, 11) is -2.71. The Morgan fingerprint density at radius 2 is 1.52 bits per heavy atom. The number of ether oxygens (including phenoxy) is 1. The van der Waals surface area contributed by atoms with Crippen LogP contribution in [-0.4, -0.2) is 46.4 Å². The highest BCUT2D eigenvalue weighted by Gasteiger charge is 2.40. The predicted molar refractivity (Wildman–Crippen MR) is 110 cm³/mol. The van der Waals surface area contributed by atoms with E-state index in [1.54, 1.807) is 0 Å². The number of benzene rings is 2. The van der Waals surface area contributed by atoms with Crippen LogP contribution in [0.4, 0.5) is 0 Å². The van der Waals surface area contributed by atoms with Gasteiger partial charge in [0.05, 0.1) is 19.3 Å². The van der Waals surface area contributed by atoms with Gasteiger partial charge in [-0.2, -0.15) is 0 Å². The Morgan fingerprint density at radius 3 is 2.15 bits per heavy atom. The van der Waals surface area contributed by atoms with Gasteiger partial charge in [-0.05, 0) is 49.6 Å². The van der Waals surface area contributed by atoms with E-state index in [9.17, 15) is 5.11 Å². The molecule has 1 N–H and O–H groups in total. The molecule has 0 aliphatic heterocycles. The Bertz CT molecular complexity index is 661. The van der Waals surface area contributed by atoms with E-state index in [0.29, 0.717) is 38.9 Å². The highest BCUT2D eigenvalue weighted by molar-refractivity contribution is 6.60. The molecule has 0 aliphatic rings. The summed E-state index contributed by atoms with van der Waals surface area (Å²) < 4.78 is 23.2. The average molecular weight is 393 g/mol. The summed E-state index contributed by atoms with van der Waals surface area (Å²) in [6, 6.07) is 15.1. The summed E-state index contributed by atoms with van der Waals surface area (Å²) in [5.41, 5.74) is 1.10. The Balaban J connectivity index is 1.80. The van der Waals surface area contributed by atoms with Gasteiger partial charge in [0.2, 0.25) is 0 Å². The second kappa shape index (κ2) is 11.5. The number of hydrogen-bond donors (Lipinski definition) is 1. The molecule has 2 aromatic carbocycles. The lowest BCUT2D eigenvalue weighted by Gasteiger charge is -2.29. The summed E-state index contributed by atoms with van der Waals surface area (Å²) in [5, 5.41) is 12.7. The van der Waals surface area contributed by atoms with Crippen molar-refractivity contribution in [1.29, 1.82) is 0 Å². The van der Waals surface area contributed by atoms with Crippen molar-refractivity contribution in [1.82, 2.24) is 0 Å². The molecule has 0 heterocycles. The zero-order chi connectivity index (χ0) is 19.5. The second-order valence-corrected chi connectivity index (χ2v) is 9.10. The molecule has 0 radical (unpaired) electrons. The van der Waals surface area contributed by atoms with Gasteiger partial charge < -0.3 is 23.1 Å². The molecule has 2 rings (SSSR count). The molecular formula is C21H32O5Si. The molecular weight excluding hydrogens is 360 g/mol. The molecule has 0 aliphatic carbocycles. The van der Waals surface area contributed by atoms with E-state index >= 15 is 0 Å². The molecule has 5 nitrogen and oxygen atoms in total. The SMILES string of the molecule is CCO[Si](CCC(O)COCc1ccc2ccccc2c1)(OCC)OCC. The van der Waals surface area contributed by atoms with Gasteiger partial charge in [0.1, 0.15) is 0 Å². The van der Waals surface area contributed by atoms with Crippen molar-refractivity contribution >= 4 is 19.6 Å². The molecule has 6 heteroatoms. The van der Waals surface area contributed by atoms with Crippen molar-refractivity contribution in [3.63, 3.8) is 0 Å². The molecule has 2 aromatic rings. The van der Waals surface area contributed by atoms with E-state index in [4.69, 9.17) is 18.0 Å². The van der Waals surface area contributed by atoms with Crippen LogP contribution in [-0.2, 0) is 24.6 Å². The minimum atomic E-state index is -2.71. The van der Waals surface area contributed by atoms with E-state index < -0.39 is 14.9 Å². The van der Waals surface area contributed by atoms with Gasteiger partial charge in [-0.25, -0.2) is 0 Å². The maximum atomic E-state index is 10.3. The van der Waals surface area contributed by atoms with Crippen molar-refractivity contribution < 1.29 is 23.1 Å². The van der Waals surface area contributed by atoms with Crippen molar-refractivity contribution in [3.05, 3.63) is 48.0 Å². The Kier molecular flexibility index (Phi) is 9.40. The van der Waals surface area contributed by atoms with Crippen molar-refractivity contribution in [2.45, 2.75) is 45.9 Å². The van der Waals surface area contributed by atoms with Gasteiger partial charge in [-0.15, -0.1) is 0 Å². The van der Waals surface area contributed by atoms with Crippen LogP contribution in [0.3, 0.4) is 0 Å². The van der Waals surface area contributed by atoms with E-state index in [1.807, 2.05) is 32.9 Å². The fourth-order valence-electron chi connectivity index (χ4n) is 3.07. The topological polar surface area (TPSA) is 57.2 Å². The summed E-state index contributed by atoms with van der Waals surface area (Å²) in [6.07, 6.45) is -0.0390. The van der Waals surface area contributed by atoms with E-state index in [2.05, 4.69) is 30.3 Å². The smallest absolute Gasteiger partial charge is 0.391 e. The highest BCUT2D eigenvalue weighted by atomic mass is 28.4. The lowest BCUT2D eigenvalue weighted by Crippen LogP contribution is -2.46. The third-order valence-electron chi connectivity index (χ3n) is 4.27. The molecule has 0 fully saturated rings. The van der Waals surface area contributed by atoms with Crippen molar-refractivity contribution in [2.24, 2.45) is 0 Å². The largest absolute Gasteiger partial charge is 0.501 e. The maximum absolute atomic E-state index is 10.3. The summed E-state index contributed by atoms with van der Waals surface area (Å²) in [4.78, 5) is 0. The Labute approximate surface area is 163 Å². The number of aliphatic hydroxyl groups is 1. The first-order valence-electron chi connectivity index (χ1n) is 9.77. The lowest BCUT2D eigenvalue weighted by molar-refractivity contribution is 0.0201. The normalized spacial score (nSPS) is 13.2. The first kappa shape index (κ1) is 22.0. The van der Waals surface area contributed by atoms with Crippen LogP contribution in [0.2, 0.25) is 6.04 Å². The fourth-order valence-corrected chi connectivity index (χ4v) is 5.76. The second-order valence-electron chi connectivity index (χ2n) is 6.37. The maximum Gasteiger partial charge on any atom is 0.501 e. The fraction of sp³-hybridized carbons (Fsp3) is 0.524. The highest BCUT2D eigenvalue weighted by Crippen LogP contribution is 2.20. The summed E-state index contributed by atoms with van der Waals surface area (Å²) in [5.74, 6) is 0. The van der Waals surface area contributed by atoms with E-state index in [0.717, 1.165) is 5.56 Å². The standard InChI is InChI=1S/C21H32O5Si/c1-4-24-27(25-5-2,26-6-3)14-13-21(22)17-23-16-18-11-12-19-9-7-8-10-20(19)15-18/h7-12,15,21-22H,4-6,13-14,16-17H2,1-3H3. The minimum absolute atomic E-state index is 0.279. The minimum Gasteiger partial charge on any atom is -0.391 e. The predicted octanol–water partition coefficient (Wildman–Crippen LogP) is 4.16. The molecule has 0 bridgehead atoms. The monoisotopic (exact) mass is 392 g/mol. The van der Waals surface area contributed by atoms with Crippen molar-refractivity contribution in [3.8, 4) is 0 Å². The number of fused-ring (bicyclic) bond motifs is 1. The quantitative estimate of drug-likeness (QED) is 0.519. The van der Waals surface area contributed by atoms with Gasteiger partial charge in [-0.1, -0.05) is 36.4 Å². The van der Waals surface area contributed by atoms with Gasteiger partial charge in [0.25, 0.3) is 0 Å². The Morgan fingerprint density at radius 1 is 0.889 bits per heavy atom. The molecule has 1 unspecified atom stereocenters. The third kappa shape index (κ3) is 6.99. The van der Waals surface area contributed by atoms with Crippen LogP contribution in [0, 0.1) is 0 Å². The van der Waals surface area contributed by atoms with Gasteiger partial charge >= 0.3 is 8.80 Å². The van der Waals surface area contributed by atoms with Crippen LogP contribution in [0.1, 0.15) is 32.8 Å². The van der Waals surface area contributed by atoms with Gasteiger partial charge in [-0.3, -0.25) is 0 Å². The molecule has 150 valence electrons. The van der Waals surface area contributed by atoms with Crippen molar-refractivity contribution in [2.75, 3.05) is 26.4 Å². The first-order chi connectivity index (χ1) is 13.1. The van der Waals surface area contributed by atoms with Crippen LogP contribution in [0.15, 0.2) is 42.5 Å². The van der Waals surface area contributed by atoms with Crippen LogP contribution < -0.4 is 0 Å². The summed E-state index contributed by atoms with van der Waals surface area (Å²) >= 11 is 0. The van der Waals surface area contributed by atoms with E-state index in [1.165, 1.54) is 10.8 Å². The summed E-state index contributed by atoms with van der Waals surface area (Å²) in [6.45, 7) is 8.19. The first-order valence-corrected chi connectivity index (χ1v) is 11.7. The van der Waals surface area contributed by atoms with Crippen LogP contribution in [0.25, 0.3) is 10.8 Å². The molecule has 1 atom stereocenters. The van der Waals surface area contributed by atoms with Gasteiger partial charge in [0.15, 0.2) is 0 Å². The number of aliphatic hydroxyl groups excluding tert-OH is 1. The van der Waals surface area contributed by atoms with Gasteiger partial charge in [0, 0.05) is 25.9 Å². The van der Waals surface area contributed by atoms with E-state index in [-0.39, 0.29) is 6.61 Å². The van der Waals surface area contributed by atoms with Crippen LogP contribution >= 0.6 is 0 Å². The number of hydrogen-bond acceptors (Lipinski definition) is 5. The molecule has 27 heavy (non-hydrogen) atoms. The molecule has 0 saturated heterocycles. The zero-order valence-corrected chi connectivity index (χ0v) is 17.6.